The number of nitrogens with one attached hydrogen (secondary N) is 3. The molecule has 1 saturated carbocycles. The lowest BCUT2D eigenvalue weighted by atomic mass is 9.63. The molecule has 3 amide bonds. The topological polar surface area (TPSA) is 90.5 Å². The van der Waals surface area contributed by atoms with Crippen LogP contribution in [0, 0.1) is 11.3 Å². The summed E-state index contributed by atoms with van der Waals surface area (Å²) in [5.41, 5.74) is 2.14. The van der Waals surface area contributed by atoms with Gasteiger partial charge in [-0.2, -0.15) is 0 Å². The van der Waals surface area contributed by atoms with E-state index < -0.39 is 17.5 Å². The fraction of sp³-hybridized carbons (Fsp3) is 0.595. The van der Waals surface area contributed by atoms with Crippen molar-refractivity contribution in [2.45, 2.75) is 110 Å². The van der Waals surface area contributed by atoms with Crippen molar-refractivity contribution in [2.24, 2.45) is 11.3 Å². The van der Waals surface area contributed by atoms with Crippen molar-refractivity contribution >= 4 is 29.3 Å². The Bertz CT molecular complexity index is 1220. The SMILES string of the molecule is C=CC1=C(C=C)CC(C(=O)N[C@H](Cc2ccc(Cl)cc2)C(=O)N2CCC(C(=O)NC(C)(C)C)(C3CCCCC3)CC2)NC1.CC. The number of benzene rings is 1. The molecule has 2 aliphatic heterocycles. The Kier molecular flexibility index (Phi) is 13.5. The van der Waals surface area contributed by atoms with Crippen molar-refractivity contribution in [3.8, 4) is 0 Å². The summed E-state index contributed by atoms with van der Waals surface area (Å²) in [6.45, 7) is 19.3. The molecule has 0 bridgehead atoms. The van der Waals surface area contributed by atoms with Crippen LogP contribution in [-0.4, -0.2) is 59.9 Å². The van der Waals surface area contributed by atoms with E-state index in [1.165, 1.54) is 6.42 Å². The van der Waals surface area contributed by atoms with Gasteiger partial charge in [0.05, 0.1) is 11.5 Å². The number of hydrogen-bond donors (Lipinski definition) is 3. The number of hydrogen-bond acceptors (Lipinski definition) is 4. The summed E-state index contributed by atoms with van der Waals surface area (Å²) >= 11 is 6.12. The van der Waals surface area contributed by atoms with E-state index in [1.54, 1.807) is 24.3 Å². The minimum Gasteiger partial charge on any atom is -0.351 e. The highest BCUT2D eigenvalue weighted by Gasteiger charge is 2.49. The van der Waals surface area contributed by atoms with Gasteiger partial charge in [-0.3, -0.25) is 14.4 Å². The monoisotopic (exact) mass is 638 g/mol. The molecule has 0 radical (unpaired) electrons. The zero-order chi connectivity index (χ0) is 33.2. The molecule has 45 heavy (non-hydrogen) atoms. The minimum absolute atomic E-state index is 0.112. The van der Waals surface area contributed by atoms with E-state index in [9.17, 15) is 14.4 Å². The minimum atomic E-state index is -0.738. The van der Waals surface area contributed by atoms with Gasteiger partial charge >= 0.3 is 0 Å². The number of amides is 3. The second kappa shape index (κ2) is 16.6. The Morgan fingerprint density at radius 3 is 2.18 bits per heavy atom. The molecular formula is C37H55ClN4O3. The number of carbonyl (C=O) groups excluding carboxylic acids is 3. The molecule has 1 saturated heterocycles. The molecule has 4 rings (SSSR count). The van der Waals surface area contributed by atoms with Gasteiger partial charge in [0.15, 0.2) is 0 Å². The first-order valence-corrected chi connectivity index (χ1v) is 17.2. The van der Waals surface area contributed by atoms with E-state index in [2.05, 4.69) is 29.1 Å². The van der Waals surface area contributed by atoms with Gasteiger partial charge in [-0.15, -0.1) is 0 Å². The predicted octanol–water partition coefficient (Wildman–Crippen LogP) is 6.53. The van der Waals surface area contributed by atoms with Crippen LogP contribution in [0.1, 0.15) is 91.5 Å². The molecule has 1 aromatic rings. The summed E-state index contributed by atoms with van der Waals surface area (Å²) in [6.07, 6.45) is 11.3. The average Bonchev–Trinajstić information content (AvgIpc) is 3.05. The third-order valence-electron chi connectivity index (χ3n) is 9.45. The first-order chi connectivity index (χ1) is 21.5. The summed E-state index contributed by atoms with van der Waals surface area (Å²) in [5.74, 6) is 0.125. The van der Waals surface area contributed by atoms with Gasteiger partial charge in [0.25, 0.3) is 0 Å². The molecule has 3 N–H and O–H groups in total. The van der Waals surface area contributed by atoms with E-state index in [0.29, 0.717) is 56.3 Å². The smallest absolute Gasteiger partial charge is 0.245 e. The van der Waals surface area contributed by atoms with Gasteiger partial charge in [0, 0.05) is 36.6 Å². The van der Waals surface area contributed by atoms with Gasteiger partial charge in [-0.05, 0) is 87.6 Å². The van der Waals surface area contributed by atoms with Gasteiger partial charge in [0.1, 0.15) is 6.04 Å². The average molecular weight is 639 g/mol. The molecule has 0 spiro atoms. The molecule has 1 unspecified atom stereocenters. The largest absolute Gasteiger partial charge is 0.351 e. The number of likely N-dealkylation sites (tertiary alicyclic amines) is 1. The van der Waals surface area contributed by atoms with Gasteiger partial charge < -0.3 is 20.9 Å². The zero-order valence-corrected chi connectivity index (χ0v) is 28.9. The third-order valence-corrected chi connectivity index (χ3v) is 9.70. The van der Waals surface area contributed by atoms with E-state index >= 15 is 0 Å². The summed E-state index contributed by atoms with van der Waals surface area (Å²) in [7, 11) is 0. The van der Waals surface area contributed by atoms with Crippen molar-refractivity contribution in [1.82, 2.24) is 20.9 Å². The van der Waals surface area contributed by atoms with E-state index in [1.807, 2.05) is 51.7 Å². The molecule has 2 atom stereocenters. The van der Waals surface area contributed by atoms with E-state index in [0.717, 1.165) is 42.4 Å². The van der Waals surface area contributed by atoms with Crippen molar-refractivity contribution in [2.75, 3.05) is 19.6 Å². The van der Waals surface area contributed by atoms with E-state index in [-0.39, 0.29) is 23.3 Å². The summed E-state index contributed by atoms with van der Waals surface area (Å²) in [6, 6.07) is 6.17. The number of nitrogens with zero attached hydrogens (tertiary/aromatic N) is 1. The fourth-order valence-corrected chi connectivity index (χ4v) is 7.11. The van der Waals surface area contributed by atoms with Crippen molar-refractivity contribution in [3.63, 3.8) is 0 Å². The van der Waals surface area contributed by atoms with Crippen LogP contribution in [0.4, 0.5) is 0 Å². The summed E-state index contributed by atoms with van der Waals surface area (Å²) < 4.78 is 0. The third kappa shape index (κ3) is 9.55. The number of carbonyl (C=O) groups is 3. The van der Waals surface area contributed by atoms with Gasteiger partial charge in [0.2, 0.25) is 17.7 Å². The van der Waals surface area contributed by atoms with Crippen LogP contribution in [0.2, 0.25) is 5.02 Å². The summed E-state index contributed by atoms with van der Waals surface area (Å²) in [5, 5.41) is 10.2. The van der Waals surface area contributed by atoms with Crippen LogP contribution in [0.5, 0.6) is 0 Å². The lowest BCUT2D eigenvalue weighted by Gasteiger charge is -2.48. The lowest BCUT2D eigenvalue weighted by molar-refractivity contribution is -0.147. The summed E-state index contributed by atoms with van der Waals surface area (Å²) in [4.78, 5) is 43.3. The normalized spacial score (nSPS) is 21.1. The Balaban J connectivity index is 0.00000271. The van der Waals surface area contributed by atoms with Gasteiger partial charge in [-0.1, -0.05) is 82.2 Å². The Hall–Kier alpha value is -2.90. The van der Waals surface area contributed by atoms with Crippen molar-refractivity contribution in [3.05, 3.63) is 71.3 Å². The fourth-order valence-electron chi connectivity index (χ4n) is 6.99. The van der Waals surface area contributed by atoms with Crippen molar-refractivity contribution < 1.29 is 14.4 Å². The number of halogens is 1. The van der Waals surface area contributed by atoms with Crippen LogP contribution in [0.25, 0.3) is 0 Å². The van der Waals surface area contributed by atoms with Crippen LogP contribution in [-0.2, 0) is 20.8 Å². The van der Waals surface area contributed by atoms with Crippen LogP contribution in [0.15, 0.2) is 60.7 Å². The molecule has 2 fully saturated rings. The van der Waals surface area contributed by atoms with Crippen molar-refractivity contribution in [1.29, 1.82) is 0 Å². The Morgan fingerprint density at radius 2 is 1.62 bits per heavy atom. The number of rotatable bonds is 9. The number of piperidine rings is 1. The molecule has 0 aromatic heterocycles. The quantitative estimate of drug-likeness (QED) is 0.287. The Labute approximate surface area is 276 Å². The predicted molar refractivity (Wildman–Crippen MR) is 185 cm³/mol. The van der Waals surface area contributed by atoms with Gasteiger partial charge in [-0.25, -0.2) is 0 Å². The zero-order valence-electron chi connectivity index (χ0n) is 28.1. The standard InChI is InChI=1S/C35H49ClN4O3.C2H6/c1-6-25-22-29(37-23-26(25)7-2)31(41)38-30(21-24-13-15-28(36)16-14-24)32(42)40-19-17-35(18-20-40,27-11-9-8-10-12-27)33(43)39-34(3,4)5;1-2/h6-7,13-16,27,29-30,37H,1-2,8-12,17-23H2,3-5H3,(H,38,41)(H,39,43);1-2H3/t29?,30-;/m1./s1. The first kappa shape index (κ1) is 36.6. The molecular weight excluding hydrogens is 584 g/mol. The lowest BCUT2D eigenvalue weighted by Crippen LogP contribution is -2.60. The second-order valence-corrected chi connectivity index (χ2v) is 13.9. The molecule has 1 aromatic carbocycles. The molecule has 2 heterocycles. The molecule has 3 aliphatic rings. The van der Waals surface area contributed by atoms with Crippen LogP contribution >= 0.6 is 11.6 Å². The molecule has 7 nitrogen and oxygen atoms in total. The first-order valence-electron chi connectivity index (χ1n) is 16.8. The van der Waals surface area contributed by atoms with Crippen LogP contribution in [0.3, 0.4) is 0 Å². The molecule has 8 heteroatoms. The maximum Gasteiger partial charge on any atom is 0.245 e. The molecule has 1 aliphatic carbocycles. The van der Waals surface area contributed by atoms with Crippen LogP contribution < -0.4 is 16.0 Å². The molecule has 248 valence electrons. The maximum atomic E-state index is 14.1. The second-order valence-electron chi connectivity index (χ2n) is 13.5. The Morgan fingerprint density at radius 1 is 1.02 bits per heavy atom. The maximum absolute atomic E-state index is 14.1. The van der Waals surface area contributed by atoms with E-state index in [4.69, 9.17) is 11.6 Å². The highest BCUT2D eigenvalue weighted by atomic mass is 35.5. The number of allylic oxidation sites excluding steroid dienone is 1. The highest BCUT2D eigenvalue weighted by molar-refractivity contribution is 6.30. The highest BCUT2D eigenvalue weighted by Crippen LogP contribution is 2.46.